The summed E-state index contributed by atoms with van der Waals surface area (Å²) >= 11 is 7.09. The molecule has 1 nitrogen and oxygen atoms in total. The minimum absolute atomic E-state index is 0.155. The second-order valence-electron chi connectivity index (χ2n) is 5.00. The van der Waals surface area contributed by atoms with Crippen LogP contribution in [0.1, 0.15) is 50.1 Å². The summed E-state index contributed by atoms with van der Waals surface area (Å²) in [7, 11) is 0. The summed E-state index contributed by atoms with van der Waals surface area (Å²) in [6, 6.07) is 6.39. The van der Waals surface area contributed by atoms with E-state index in [-0.39, 0.29) is 6.04 Å². The van der Waals surface area contributed by atoms with E-state index in [9.17, 15) is 0 Å². The lowest BCUT2D eigenvalue weighted by molar-refractivity contribution is 0.453. The van der Waals surface area contributed by atoms with Gasteiger partial charge in [-0.15, -0.1) is 0 Å². The van der Waals surface area contributed by atoms with E-state index in [0.717, 1.165) is 21.3 Å². The lowest BCUT2D eigenvalue weighted by Crippen LogP contribution is -2.12. The molecular weight excluding hydrogens is 342 g/mol. The molecule has 1 fully saturated rings. The zero-order chi connectivity index (χ0) is 12.3. The van der Waals surface area contributed by atoms with E-state index < -0.39 is 0 Å². The molecule has 0 saturated heterocycles. The first-order valence-electron chi connectivity index (χ1n) is 6.37. The van der Waals surface area contributed by atoms with Crippen LogP contribution in [0, 0.1) is 5.92 Å². The van der Waals surface area contributed by atoms with Crippen LogP contribution in [0.3, 0.4) is 0 Å². The molecule has 1 atom stereocenters. The average molecular weight is 361 g/mol. The van der Waals surface area contributed by atoms with Crippen LogP contribution in [-0.4, -0.2) is 0 Å². The van der Waals surface area contributed by atoms with Gasteiger partial charge in [0.1, 0.15) is 0 Å². The van der Waals surface area contributed by atoms with Gasteiger partial charge >= 0.3 is 0 Å². The Morgan fingerprint density at radius 2 is 1.94 bits per heavy atom. The standard InChI is InChI=1S/C14H19Br2N/c15-11-6-7-13(16)12(9-11)14(17)8-5-10-3-1-2-4-10/h6-7,9-10,14H,1-5,8,17H2. The maximum Gasteiger partial charge on any atom is 0.0306 e. The predicted octanol–water partition coefficient (Wildman–Crippen LogP) is 5.18. The lowest BCUT2D eigenvalue weighted by atomic mass is 9.95. The van der Waals surface area contributed by atoms with Gasteiger partial charge in [0.15, 0.2) is 0 Å². The van der Waals surface area contributed by atoms with Crippen molar-refractivity contribution in [2.75, 3.05) is 0 Å². The number of hydrogen-bond donors (Lipinski definition) is 1. The molecule has 0 aliphatic heterocycles. The van der Waals surface area contributed by atoms with Crippen molar-refractivity contribution in [3.8, 4) is 0 Å². The molecule has 3 heteroatoms. The first-order chi connectivity index (χ1) is 8.16. The Morgan fingerprint density at radius 1 is 1.24 bits per heavy atom. The van der Waals surface area contributed by atoms with Crippen molar-refractivity contribution in [2.45, 2.75) is 44.6 Å². The summed E-state index contributed by atoms with van der Waals surface area (Å²) in [5, 5.41) is 0. The quantitative estimate of drug-likeness (QED) is 0.786. The van der Waals surface area contributed by atoms with Gasteiger partial charge in [-0.1, -0.05) is 57.5 Å². The van der Waals surface area contributed by atoms with Crippen molar-refractivity contribution in [1.29, 1.82) is 0 Å². The molecule has 1 aromatic rings. The number of halogens is 2. The summed E-state index contributed by atoms with van der Waals surface area (Å²) in [5.74, 6) is 0.923. The van der Waals surface area contributed by atoms with Crippen LogP contribution in [0.5, 0.6) is 0 Å². The molecule has 1 unspecified atom stereocenters. The molecule has 94 valence electrons. The largest absolute Gasteiger partial charge is 0.324 e. The highest BCUT2D eigenvalue weighted by Crippen LogP contribution is 2.33. The average Bonchev–Trinajstić information content (AvgIpc) is 2.82. The molecule has 0 radical (unpaired) electrons. The third-order valence-electron chi connectivity index (χ3n) is 3.72. The molecule has 0 bridgehead atoms. The third-order valence-corrected chi connectivity index (χ3v) is 4.93. The Labute approximate surface area is 120 Å². The van der Waals surface area contributed by atoms with Gasteiger partial charge in [0.05, 0.1) is 0 Å². The van der Waals surface area contributed by atoms with E-state index in [0.29, 0.717) is 0 Å². The van der Waals surface area contributed by atoms with Gasteiger partial charge in [-0.25, -0.2) is 0 Å². The monoisotopic (exact) mass is 359 g/mol. The number of hydrogen-bond acceptors (Lipinski definition) is 1. The Hall–Kier alpha value is 0.140. The Kier molecular flexibility index (Phi) is 5.07. The van der Waals surface area contributed by atoms with E-state index in [1.165, 1.54) is 37.7 Å². The normalized spacial score (nSPS) is 18.5. The zero-order valence-electron chi connectivity index (χ0n) is 9.96. The fraction of sp³-hybridized carbons (Fsp3) is 0.571. The summed E-state index contributed by atoms with van der Waals surface area (Å²) in [6.07, 6.45) is 8.03. The summed E-state index contributed by atoms with van der Waals surface area (Å²) < 4.78 is 2.23. The fourth-order valence-electron chi connectivity index (χ4n) is 2.67. The highest BCUT2D eigenvalue weighted by atomic mass is 79.9. The smallest absolute Gasteiger partial charge is 0.0306 e. The van der Waals surface area contributed by atoms with Crippen molar-refractivity contribution >= 4 is 31.9 Å². The molecule has 0 amide bonds. The van der Waals surface area contributed by atoms with Gasteiger partial charge in [0, 0.05) is 15.0 Å². The van der Waals surface area contributed by atoms with E-state index in [1.807, 2.05) is 6.07 Å². The van der Waals surface area contributed by atoms with Crippen LogP contribution in [0.25, 0.3) is 0 Å². The molecule has 2 N–H and O–H groups in total. The molecule has 0 aromatic heterocycles. The van der Waals surface area contributed by atoms with Gasteiger partial charge in [-0.05, 0) is 42.5 Å². The zero-order valence-corrected chi connectivity index (χ0v) is 13.1. The summed E-state index contributed by atoms with van der Waals surface area (Å²) in [4.78, 5) is 0. The maximum atomic E-state index is 6.29. The van der Waals surface area contributed by atoms with Gasteiger partial charge < -0.3 is 5.73 Å². The number of rotatable bonds is 4. The van der Waals surface area contributed by atoms with Crippen LogP contribution in [0.15, 0.2) is 27.1 Å². The van der Waals surface area contributed by atoms with Gasteiger partial charge in [-0.3, -0.25) is 0 Å². The fourth-order valence-corrected chi connectivity index (χ4v) is 3.59. The van der Waals surface area contributed by atoms with E-state index in [2.05, 4.69) is 44.0 Å². The van der Waals surface area contributed by atoms with Crippen LogP contribution in [0.2, 0.25) is 0 Å². The highest BCUT2D eigenvalue weighted by Gasteiger charge is 2.17. The molecule has 0 heterocycles. The Bertz CT molecular complexity index is 372. The van der Waals surface area contributed by atoms with Crippen molar-refractivity contribution in [3.05, 3.63) is 32.7 Å². The van der Waals surface area contributed by atoms with Crippen LogP contribution < -0.4 is 5.73 Å². The number of nitrogens with two attached hydrogens (primary N) is 1. The number of benzene rings is 1. The minimum Gasteiger partial charge on any atom is -0.324 e. The Morgan fingerprint density at radius 3 is 2.65 bits per heavy atom. The SMILES string of the molecule is NC(CCC1CCCC1)c1cc(Br)ccc1Br. The van der Waals surface area contributed by atoms with E-state index in [1.54, 1.807) is 0 Å². The molecule has 17 heavy (non-hydrogen) atoms. The second kappa shape index (κ2) is 6.35. The molecule has 1 aromatic carbocycles. The first-order valence-corrected chi connectivity index (χ1v) is 7.96. The predicted molar refractivity (Wildman–Crippen MR) is 80.0 cm³/mol. The lowest BCUT2D eigenvalue weighted by Gasteiger charge is -2.16. The molecular formula is C14H19Br2N. The first kappa shape index (κ1) is 13.6. The molecule has 1 aliphatic rings. The van der Waals surface area contributed by atoms with Gasteiger partial charge in [0.25, 0.3) is 0 Å². The van der Waals surface area contributed by atoms with Crippen LogP contribution in [-0.2, 0) is 0 Å². The molecule has 1 saturated carbocycles. The summed E-state index contributed by atoms with van der Waals surface area (Å²) in [6.45, 7) is 0. The second-order valence-corrected chi connectivity index (χ2v) is 6.77. The molecule has 2 rings (SSSR count). The van der Waals surface area contributed by atoms with Crippen LogP contribution >= 0.6 is 31.9 Å². The van der Waals surface area contributed by atoms with E-state index >= 15 is 0 Å². The van der Waals surface area contributed by atoms with Crippen molar-refractivity contribution in [1.82, 2.24) is 0 Å². The topological polar surface area (TPSA) is 26.0 Å². The van der Waals surface area contributed by atoms with Gasteiger partial charge in [0.2, 0.25) is 0 Å². The van der Waals surface area contributed by atoms with Crippen LogP contribution in [0.4, 0.5) is 0 Å². The molecule has 0 spiro atoms. The maximum absolute atomic E-state index is 6.29. The van der Waals surface area contributed by atoms with Gasteiger partial charge in [-0.2, -0.15) is 0 Å². The van der Waals surface area contributed by atoms with Crippen molar-refractivity contribution in [3.63, 3.8) is 0 Å². The van der Waals surface area contributed by atoms with E-state index in [4.69, 9.17) is 5.73 Å². The Balaban J connectivity index is 1.93. The minimum atomic E-state index is 0.155. The third kappa shape index (κ3) is 3.80. The molecule has 1 aliphatic carbocycles. The van der Waals surface area contributed by atoms with Crippen molar-refractivity contribution < 1.29 is 0 Å². The van der Waals surface area contributed by atoms with Crippen molar-refractivity contribution in [2.24, 2.45) is 11.7 Å². The summed E-state index contributed by atoms with van der Waals surface area (Å²) in [5.41, 5.74) is 7.51. The highest BCUT2D eigenvalue weighted by molar-refractivity contribution is 9.11.